The maximum absolute atomic E-state index is 13.6. The van der Waals surface area contributed by atoms with E-state index in [1.54, 1.807) is 6.07 Å². The van der Waals surface area contributed by atoms with Crippen LogP contribution in [0.3, 0.4) is 0 Å². The number of nitrogens with zero attached hydrogens (tertiary/aromatic N) is 2. The Bertz CT molecular complexity index is 3080. The van der Waals surface area contributed by atoms with E-state index in [4.69, 9.17) is 9.97 Å². The van der Waals surface area contributed by atoms with Gasteiger partial charge < -0.3 is 9.97 Å². The maximum atomic E-state index is 13.6. The fraction of sp³-hybridized carbons (Fsp3) is 0.0189. The minimum Gasteiger partial charge on any atom is -0.304 e. The second-order valence-electron chi connectivity index (χ2n) is 14.2. The molecule has 0 bridgehead atoms. The average molecular weight is 941 g/mol. The predicted octanol–water partition coefficient (Wildman–Crippen LogP) is 14.6. The molecule has 0 spiro atoms. The average Bonchev–Trinajstić information content (AvgIpc) is 3.65. The third kappa shape index (κ3) is 7.10. The molecule has 0 unspecified atom stereocenters. The number of hydrogen-bond acceptors (Lipinski definition) is 3. The van der Waals surface area contributed by atoms with Crippen molar-refractivity contribution in [2.45, 2.75) is 6.92 Å². The van der Waals surface area contributed by atoms with Crippen LogP contribution in [-0.4, -0.2) is 9.97 Å². The normalized spacial score (nSPS) is 11.1. The van der Waals surface area contributed by atoms with Gasteiger partial charge in [0, 0.05) is 64.1 Å². The van der Waals surface area contributed by atoms with Crippen molar-refractivity contribution < 1.29 is 24.5 Å². The fourth-order valence-corrected chi connectivity index (χ4v) is 8.98. The summed E-state index contributed by atoms with van der Waals surface area (Å²) < 4.78 is 16.1. The van der Waals surface area contributed by atoms with E-state index >= 15 is 0 Å². The van der Waals surface area contributed by atoms with Gasteiger partial charge in [-0.25, -0.2) is 0 Å². The van der Waals surface area contributed by atoms with E-state index < -0.39 is 0 Å². The maximum Gasteiger partial charge on any atom is 0.0379 e. The number of halogens is 1. The number of thiophene rings is 1. The summed E-state index contributed by atoms with van der Waals surface area (Å²) >= 11 is 1.83. The molecule has 3 heterocycles. The summed E-state index contributed by atoms with van der Waals surface area (Å²) in [7, 11) is 0. The van der Waals surface area contributed by atoms with Crippen LogP contribution >= 0.6 is 11.3 Å². The summed E-state index contributed by atoms with van der Waals surface area (Å²) in [5.41, 5.74) is 15.5. The van der Waals surface area contributed by atoms with E-state index in [0.717, 1.165) is 83.7 Å². The molecular formula is C53H33FIrN2S-2. The van der Waals surface area contributed by atoms with E-state index in [0.29, 0.717) is 0 Å². The minimum atomic E-state index is -0.314. The number of fused-ring (bicyclic) bond motifs is 3. The number of aromatic nitrogens is 2. The molecule has 0 aliphatic rings. The van der Waals surface area contributed by atoms with E-state index in [9.17, 15) is 4.39 Å². The van der Waals surface area contributed by atoms with Crippen molar-refractivity contribution in [2.75, 3.05) is 0 Å². The molecule has 0 aliphatic carbocycles. The van der Waals surface area contributed by atoms with Gasteiger partial charge in [0.2, 0.25) is 0 Å². The first-order valence-corrected chi connectivity index (χ1v) is 19.7. The van der Waals surface area contributed by atoms with Crippen LogP contribution in [0, 0.1) is 24.9 Å². The second kappa shape index (κ2) is 15.9. The zero-order valence-electron chi connectivity index (χ0n) is 31.3. The topological polar surface area (TPSA) is 25.8 Å². The third-order valence-corrected chi connectivity index (χ3v) is 11.7. The molecule has 58 heavy (non-hydrogen) atoms. The Morgan fingerprint density at radius 1 is 0.466 bits per heavy atom. The first-order valence-electron chi connectivity index (χ1n) is 18.9. The van der Waals surface area contributed by atoms with Crippen LogP contribution < -0.4 is 0 Å². The number of benzene rings is 7. The smallest absolute Gasteiger partial charge is 0.0379 e. The van der Waals surface area contributed by atoms with E-state index in [1.807, 2.05) is 48.0 Å². The molecule has 0 saturated heterocycles. The SMILES string of the molecule is Cc1cc(-c2ccccc2-c2ccc(-c3[c-]cc(F)cc3)nc2)cc(-c2ccccc2-c2cnc(-c3[c-]cccc3)cc2-c2ccc3c(c2)sc2ccccc23)c1.[Ir]. The fourth-order valence-electron chi connectivity index (χ4n) is 7.83. The second-order valence-corrected chi connectivity index (χ2v) is 15.3. The molecule has 279 valence electrons. The number of pyridine rings is 2. The van der Waals surface area contributed by atoms with Crippen LogP contribution in [-0.2, 0) is 20.1 Å². The van der Waals surface area contributed by atoms with Crippen LogP contribution in [0.2, 0.25) is 0 Å². The summed E-state index contributed by atoms with van der Waals surface area (Å²) in [5.74, 6) is -0.314. The summed E-state index contributed by atoms with van der Waals surface area (Å²) in [5, 5.41) is 2.57. The molecule has 0 atom stereocenters. The molecule has 0 amide bonds. The minimum absolute atomic E-state index is 0. The first kappa shape index (κ1) is 37.2. The molecule has 0 N–H and O–H groups in total. The van der Waals surface area contributed by atoms with Crippen molar-refractivity contribution in [2.24, 2.45) is 0 Å². The summed E-state index contributed by atoms with van der Waals surface area (Å²) in [6.45, 7) is 2.16. The van der Waals surface area contributed by atoms with E-state index in [2.05, 4.69) is 146 Å². The van der Waals surface area contributed by atoms with Crippen LogP contribution in [0.1, 0.15) is 5.56 Å². The Balaban J connectivity index is 0.00000436. The van der Waals surface area contributed by atoms with Gasteiger partial charge >= 0.3 is 0 Å². The van der Waals surface area contributed by atoms with Gasteiger partial charge in [-0.1, -0.05) is 109 Å². The number of hydrogen-bond donors (Lipinski definition) is 0. The standard InChI is InChI=1S/C53H33FN2S.Ir/c1-34-27-39(43-14-6-5-13-42(43)38-22-26-50(55-32-38)36-19-23-41(54)24-20-36)29-40(28-34)44-15-7-8-16-45(44)49-33-56-51(35-11-3-2-4-12-35)31-48(49)37-21-25-47-46-17-9-10-18-52(46)57-53(47)30-37;/h2-11,13-19,21-33H,1H3;/q-2;. The first-order chi connectivity index (χ1) is 28.1. The van der Waals surface area contributed by atoms with Gasteiger partial charge in [-0.05, 0) is 92.1 Å². The largest absolute Gasteiger partial charge is 0.304 e. The van der Waals surface area contributed by atoms with Crippen LogP contribution in [0.4, 0.5) is 4.39 Å². The van der Waals surface area contributed by atoms with Gasteiger partial charge in [-0.2, -0.15) is 0 Å². The molecule has 0 fully saturated rings. The molecule has 5 heteroatoms. The van der Waals surface area contributed by atoms with Gasteiger partial charge in [-0.3, -0.25) is 4.39 Å². The Kier molecular flexibility index (Phi) is 10.2. The summed E-state index contributed by atoms with van der Waals surface area (Å²) in [6, 6.07) is 64.6. The molecule has 7 aromatic carbocycles. The number of aryl methyl sites for hydroxylation is 1. The van der Waals surface area contributed by atoms with E-state index in [-0.39, 0.29) is 25.9 Å². The summed E-state index contributed by atoms with van der Waals surface area (Å²) in [6.07, 6.45) is 3.92. The van der Waals surface area contributed by atoms with Gasteiger partial charge in [0.25, 0.3) is 0 Å². The zero-order valence-corrected chi connectivity index (χ0v) is 34.5. The van der Waals surface area contributed by atoms with Crippen LogP contribution in [0.15, 0.2) is 182 Å². The Labute approximate surface area is 354 Å². The number of rotatable bonds is 7. The summed E-state index contributed by atoms with van der Waals surface area (Å²) in [4.78, 5) is 9.79. The molecule has 3 aromatic heterocycles. The van der Waals surface area contributed by atoms with Crippen molar-refractivity contribution in [1.29, 1.82) is 0 Å². The predicted molar refractivity (Wildman–Crippen MR) is 235 cm³/mol. The van der Waals surface area contributed by atoms with Gasteiger partial charge in [0.05, 0.1) is 0 Å². The Morgan fingerprint density at radius 3 is 1.84 bits per heavy atom. The molecule has 2 nitrogen and oxygen atoms in total. The van der Waals surface area contributed by atoms with Crippen molar-refractivity contribution >= 4 is 31.5 Å². The molecule has 10 rings (SSSR count). The molecule has 0 saturated carbocycles. The third-order valence-electron chi connectivity index (χ3n) is 10.5. The molecule has 1 radical (unpaired) electrons. The van der Waals surface area contributed by atoms with Crippen molar-refractivity contribution in [3.05, 3.63) is 206 Å². The van der Waals surface area contributed by atoms with Gasteiger partial charge in [-0.15, -0.1) is 77.1 Å². The zero-order chi connectivity index (χ0) is 38.3. The molecule has 0 aliphatic heterocycles. The van der Waals surface area contributed by atoms with Crippen molar-refractivity contribution in [3.8, 4) is 78.1 Å². The quantitative estimate of drug-likeness (QED) is 0.149. The molecule has 10 aromatic rings. The van der Waals surface area contributed by atoms with Gasteiger partial charge in [0.15, 0.2) is 0 Å². The monoisotopic (exact) mass is 941 g/mol. The van der Waals surface area contributed by atoms with Crippen molar-refractivity contribution in [1.82, 2.24) is 9.97 Å². The Hall–Kier alpha value is -6.36. The van der Waals surface area contributed by atoms with Gasteiger partial charge in [0.1, 0.15) is 0 Å². The molecular weight excluding hydrogens is 908 g/mol. The van der Waals surface area contributed by atoms with Crippen LogP contribution in [0.5, 0.6) is 0 Å². The Morgan fingerprint density at radius 2 is 1.12 bits per heavy atom. The van der Waals surface area contributed by atoms with Crippen molar-refractivity contribution in [3.63, 3.8) is 0 Å². The van der Waals surface area contributed by atoms with E-state index in [1.165, 1.54) is 32.3 Å². The van der Waals surface area contributed by atoms with Crippen LogP contribution in [0.25, 0.3) is 98.3 Å².